The predicted octanol–water partition coefficient (Wildman–Crippen LogP) is -1.06. The van der Waals surface area contributed by atoms with E-state index < -0.39 is 23.7 Å². The summed E-state index contributed by atoms with van der Waals surface area (Å²) in [6.07, 6.45) is 3.84. The highest BCUT2D eigenvalue weighted by molar-refractivity contribution is 6.07. The lowest BCUT2D eigenvalue weighted by Gasteiger charge is -2.23. The lowest BCUT2D eigenvalue weighted by atomic mass is 9.77. The van der Waals surface area contributed by atoms with Gasteiger partial charge in [-0.1, -0.05) is 12.2 Å². The molecule has 0 saturated carbocycles. The van der Waals surface area contributed by atoms with Gasteiger partial charge in [-0.15, -0.1) is 0 Å². The highest BCUT2D eigenvalue weighted by Crippen LogP contribution is 2.34. The third kappa shape index (κ3) is 1.13. The lowest BCUT2D eigenvalue weighted by Crippen LogP contribution is -2.37. The van der Waals surface area contributed by atoms with E-state index in [0.29, 0.717) is 6.42 Å². The Labute approximate surface area is 80.3 Å². The van der Waals surface area contributed by atoms with E-state index in [9.17, 15) is 14.4 Å². The largest absolute Gasteiger partial charge is 0.369 e. The number of fused-ring (bicyclic) bond motifs is 1. The molecule has 5 heteroatoms. The van der Waals surface area contributed by atoms with E-state index >= 15 is 0 Å². The standard InChI is InChI=1S/C9H10N2O3/c10-7(12)4-2-1-3-5-6(4)9(14)11-8(5)13/h1,3-6H,2H2,(H2,10,12)(H,11,13,14). The van der Waals surface area contributed by atoms with Gasteiger partial charge in [0, 0.05) is 0 Å². The van der Waals surface area contributed by atoms with E-state index in [2.05, 4.69) is 5.32 Å². The fraction of sp³-hybridized carbons (Fsp3) is 0.444. The van der Waals surface area contributed by atoms with E-state index in [1.54, 1.807) is 12.2 Å². The zero-order valence-electron chi connectivity index (χ0n) is 7.40. The van der Waals surface area contributed by atoms with Crippen LogP contribution in [-0.2, 0) is 14.4 Å². The Morgan fingerprint density at radius 3 is 2.79 bits per heavy atom. The molecule has 3 unspecified atom stereocenters. The quantitative estimate of drug-likeness (QED) is 0.411. The van der Waals surface area contributed by atoms with Crippen molar-refractivity contribution >= 4 is 17.7 Å². The van der Waals surface area contributed by atoms with Crippen LogP contribution in [0, 0.1) is 17.8 Å². The molecule has 2 aliphatic rings. The summed E-state index contributed by atoms with van der Waals surface area (Å²) >= 11 is 0. The van der Waals surface area contributed by atoms with Gasteiger partial charge in [0.05, 0.1) is 17.8 Å². The van der Waals surface area contributed by atoms with Crippen molar-refractivity contribution in [2.24, 2.45) is 23.5 Å². The Hall–Kier alpha value is -1.65. The topological polar surface area (TPSA) is 89.3 Å². The van der Waals surface area contributed by atoms with Gasteiger partial charge in [-0.3, -0.25) is 19.7 Å². The number of nitrogens with one attached hydrogen (secondary N) is 1. The summed E-state index contributed by atoms with van der Waals surface area (Å²) < 4.78 is 0. The fourth-order valence-electron chi connectivity index (χ4n) is 2.07. The van der Waals surface area contributed by atoms with Gasteiger partial charge in [0.2, 0.25) is 17.7 Å². The van der Waals surface area contributed by atoms with Crippen molar-refractivity contribution in [1.29, 1.82) is 0 Å². The molecular weight excluding hydrogens is 184 g/mol. The normalized spacial score (nSPS) is 35.3. The summed E-state index contributed by atoms with van der Waals surface area (Å²) in [7, 11) is 0. The van der Waals surface area contributed by atoms with Gasteiger partial charge < -0.3 is 5.73 Å². The molecule has 0 radical (unpaired) electrons. The first-order valence-corrected chi connectivity index (χ1v) is 4.42. The number of carbonyl (C=O) groups is 3. The van der Waals surface area contributed by atoms with Gasteiger partial charge in [-0.2, -0.15) is 0 Å². The van der Waals surface area contributed by atoms with Crippen molar-refractivity contribution in [3.8, 4) is 0 Å². The second-order valence-electron chi connectivity index (χ2n) is 3.58. The molecule has 3 amide bonds. The van der Waals surface area contributed by atoms with Gasteiger partial charge in [-0.05, 0) is 6.42 Å². The molecule has 1 aliphatic carbocycles. The molecular formula is C9H10N2O3. The van der Waals surface area contributed by atoms with Crippen LogP contribution < -0.4 is 11.1 Å². The number of hydrogen-bond acceptors (Lipinski definition) is 3. The first-order chi connectivity index (χ1) is 6.61. The van der Waals surface area contributed by atoms with E-state index in [1.165, 1.54) is 0 Å². The summed E-state index contributed by atoms with van der Waals surface area (Å²) in [5, 5.41) is 2.21. The first-order valence-electron chi connectivity index (χ1n) is 4.42. The summed E-state index contributed by atoms with van der Waals surface area (Å²) in [5.74, 6) is -2.88. The van der Waals surface area contributed by atoms with Crippen molar-refractivity contribution in [3.63, 3.8) is 0 Å². The molecule has 2 rings (SSSR count). The van der Waals surface area contributed by atoms with Crippen LogP contribution in [0.15, 0.2) is 12.2 Å². The molecule has 3 N–H and O–H groups in total. The second kappa shape index (κ2) is 2.94. The number of amides is 3. The van der Waals surface area contributed by atoms with Crippen molar-refractivity contribution in [3.05, 3.63) is 12.2 Å². The maximum absolute atomic E-state index is 11.4. The van der Waals surface area contributed by atoms with Crippen LogP contribution in [-0.4, -0.2) is 17.7 Å². The Bertz CT molecular complexity index is 348. The summed E-state index contributed by atoms with van der Waals surface area (Å²) in [6, 6.07) is 0. The minimum atomic E-state index is -0.593. The van der Waals surface area contributed by atoms with Gasteiger partial charge in [0.1, 0.15) is 0 Å². The molecule has 14 heavy (non-hydrogen) atoms. The first kappa shape index (κ1) is 8.93. The number of nitrogens with two attached hydrogens (primary N) is 1. The average Bonchev–Trinajstić information content (AvgIpc) is 2.43. The van der Waals surface area contributed by atoms with E-state index in [1.807, 2.05) is 0 Å². The molecule has 1 saturated heterocycles. The Kier molecular flexibility index (Phi) is 1.87. The molecule has 5 nitrogen and oxygen atoms in total. The number of hydrogen-bond donors (Lipinski definition) is 2. The van der Waals surface area contributed by atoms with Crippen molar-refractivity contribution in [1.82, 2.24) is 5.32 Å². The van der Waals surface area contributed by atoms with Gasteiger partial charge in [-0.25, -0.2) is 0 Å². The monoisotopic (exact) mass is 194 g/mol. The van der Waals surface area contributed by atoms with Crippen molar-refractivity contribution in [2.45, 2.75) is 6.42 Å². The third-order valence-corrected chi connectivity index (χ3v) is 2.77. The minimum absolute atomic E-state index is 0.331. The lowest BCUT2D eigenvalue weighted by molar-refractivity contribution is -0.131. The maximum Gasteiger partial charge on any atom is 0.234 e. The summed E-state index contributed by atoms with van der Waals surface area (Å²) in [4.78, 5) is 33.7. The molecule has 0 aromatic carbocycles. The Morgan fingerprint density at radius 1 is 1.43 bits per heavy atom. The van der Waals surface area contributed by atoms with Crippen LogP contribution in [0.4, 0.5) is 0 Å². The number of primary amides is 1. The highest BCUT2D eigenvalue weighted by Gasteiger charge is 2.47. The summed E-state index contributed by atoms with van der Waals surface area (Å²) in [6.45, 7) is 0. The smallest absolute Gasteiger partial charge is 0.234 e. The molecule has 1 fully saturated rings. The van der Waals surface area contributed by atoms with E-state index in [4.69, 9.17) is 5.73 Å². The van der Waals surface area contributed by atoms with Crippen LogP contribution in [0.2, 0.25) is 0 Å². The molecule has 0 bridgehead atoms. The molecule has 0 spiro atoms. The van der Waals surface area contributed by atoms with E-state index in [-0.39, 0.29) is 11.8 Å². The number of allylic oxidation sites excluding steroid dienone is 1. The van der Waals surface area contributed by atoms with Crippen LogP contribution in [0.1, 0.15) is 6.42 Å². The zero-order chi connectivity index (χ0) is 10.3. The average molecular weight is 194 g/mol. The van der Waals surface area contributed by atoms with Crippen molar-refractivity contribution < 1.29 is 14.4 Å². The molecule has 74 valence electrons. The fourth-order valence-corrected chi connectivity index (χ4v) is 2.07. The zero-order valence-corrected chi connectivity index (χ0v) is 7.40. The van der Waals surface area contributed by atoms with Gasteiger partial charge in [0.15, 0.2) is 0 Å². The Balaban J connectivity index is 2.35. The van der Waals surface area contributed by atoms with Gasteiger partial charge in [0.25, 0.3) is 0 Å². The minimum Gasteiger partial charge on any atom is -0.369 e. The third-order valence-electron chi connectivity index (χ3n) is 2.77. The van der Waals surface area contributed by atoms with Crippen LogP contribution in [0.25, 0.3) is 0 Å². The molecule has 0 aromatic rings. The molecule has 0 aromatic heterocycles. The predicted molar refractivity (Wildman–Crippen MR) is 46.6 cm³/mol. The second-order valence-corrected chi connectivity index (χ2v) is 3.58. The van der Waals surface area contributed by atoms with Crippen LogP contribution in [0.3, 0.4) is 0 Å². The number of rotatable bonds is 1. The van der Waals surface area contributed by atoms with Crippen LogP contribution >= 0.6 is 0 Å². The van der Waals surface area contributed by atoms with Gasteiger partial charge >= 0.3 is 0 Å². The number of carbonyl (C=O) groups excluding carboxylic acids is 3. The van der Waals surface area contributed by atoms with Crippen LogP contribution in [0.5, 0.6) is 0 Å². The Morgan fingerprint density at radius 2 is 2.14 bits per heavy atom. The number of imide groups is 1. The van der Waals surface area contributed by atoms with Crippen molar-refractivity contribution in [2.75, 3.05) is 0 Å². The summed E-state index contributed by atoms with van der Waals surface area (Å²) in [5.41, 5.74) is 5.17. The van der Waals surface area contributed by atoms with E-state index in [0.717, 1.165) is 0 Å². The molecule has 1 heterocycles. The molecule has 3 atom stereocenters. The molecule has 1 aliphatic heterocycles. The highest BCUT2D eigenvalue weighted by atomic mass is 16.2. The SMILES string of the molecule is NC(=O)C1CC=CC2C(=O)NC(=O)C21. The maximum atomic E-state index is 11.4.